The van der Waals surface area contributed by atoms with Crippen LogP contribution in [-0.2, 0) is 24.5 Å². The Kier molecular flexibility index (Phi) is 7.47. The molecule has 180 valence electrons. The molecule has 0 saturated carbocycles. The predicted molar refractivity (Wildman–Crippen MR) is 127 cm³/mol. The maximum Gasteiger partial charge on any atom is 0.337 e. The maximum absolute atomic E-state index is 12.5. The molecule has 9 nitrogen and oxygen atoms in total. The molecule has 0 spiro atoms. The Hall–Kier alpha value is -4.53. The van der Waals surface area contributed by atoms with Gasteiger partial charge < -0.3 is 23.9 Å². The molecule has 0 bridgehead atoms. The number of methoxy groups -OCH3 is 1. The molecule has 0 radical (unpaired) electrons. The standard InChI is InChI=1S/C26H25N3O6/c1-3-18-4-8-22(9-5-18)34-17-29-15-20(14-27-29)28-25(30)24-13-12-23(35-24)16-33-21-10-6-19(7-11-21)26(31)32-2/h4-15H,3,16-17H2,1-2H3,(H,28,30). The van der Waals surface area contributed by atoms with Crippen molar-refractivity contribution in [1.82, 2.24) is 9.78 Å². The topological polar surface area (TPSA) is 105 Å². The number of aryl methyl sites for hydroxylation is 1. The number of nitrogens with zero attached hydrogens (tertiary/aromatic N) is 2. The smallest absolute Gasteiger partial charge is 0.337 e. The number of carbonyl (C=O) groups excluding carboxylic acids is 2. The number of aromatic nitrogens is 2. The number of hydrogen-bond acceptors (Lipinski definition) is 7. The van der Waals surface area contributed by atoms with Gasteiger partial charge in [0, 0.05) is 0 Å². The van der Waals surface area contributed by atoms with E-state index in [0.717, 1.165) is 12.2 Å². The number of esters is 1. The fourth-order valence-corrected chi connectivity index (χ4v) is 3.19. The highest BCUT2D eigenvalue weighted by molar-refractivity contribution is 6.02. The summed E-state index contributed by atoms with van der Waals surface area (Å²) in [6.07, 6.45) is 4.18. The number of ether oxygens (including phenoxy) is 3. The highest BCUT2D eigenvalue weighted by atomic mass is 16.5. The molecule has 0 atom stereocenters. The number of anilines is 1. The van der Waals surface area contributed by atoms with Gasteiger partial charge in [-0.25, -0.2) is 9.48 Å². The van der Waals surface area contributed by atoms with Crippen LogP contribution in [0.15, 0.2) is 77.5 Å². The van der Waals surface area contributed by atoms with Crippen molar-refractivity contribution in [3.8, 4) is 11.5 Å². The normalized spacial score (nSPS) is 10.6. The summed E-state index contributed by atoms with van der Waals surface area (Å²) in [4.78, 5) is 24.0. The Morgan fingerprint density at radius 1 is 0.971 bits per heavy atom. The summed E-state index contributed by atoms with van der Waals surface area (Å²) in [6, 6.07) is 17.6. The third-order valence-electron chi connectivity index (χ3n) is 5.13. The minimum Gasteiger partial charge on any atom is -0.486 e. The second-order valence-corrected chi connectivity index (χ2v) is 7.56. The number of nitrogens with one attached hydrogen (secondary N) is 1. The Labute approximate surface area is 202 Å². The average molecular weight is 476 g/mol. The van der Waals surface area contributed by atoms with Gasteiger partial charge in [-0.3, -0.25) is 4.79 Å². The SMILES string of the molecule is CCc1ccc(OCn2cc(NC(=O)c3ccc(COc4ccc(C(=O)OC)cc4)o3)cn2)cc1. The van der Waals surface area contributed by atoms with Crippen LogP contribution in [-0.4, -0.2) is 28.8 Å². The minimum atomic E-state index is -0.419. The van der Waals surface area contributed by atoms with Gasteiger partial charge >= 0.3 is 5.97 Å². The van der Waals surface area contributed by atoms with Crippen LogP contribution < -0.4 is 14.8 Å². The van der Waals surface area contributed by atoms with E-state index in [1.807, 2.05) is 24.3 Å². The van der Waals surface area contributed by atoms with E-state index < -0.39 is 11.9 Å². The molecule has 4 aromatic rings. The molecule has 2 aromatic heterocycles. The zero-order valence-corrected chi connectivity index (χ0v) is 19.4. The third-order valence-corrected chi connectivity index (χ3v) is 5.13. The van der Waals surface area contributed by atoms with E-state index in [2.05, 4.69) is 22.1 Å². The van der Waals surface area contributed by atoms with Crippen molar-refractivity contribution in [2.75, 3.05) is 12.4 Å². The van der Waals surface area contributed by atoms with E-state index >= 15 is 0 Å². The molecule has 4 rings (SSSR count). The lowest BCUT2D eigenvalue weighted by Crippen LogP contribution is -2.10. The molecule has 9 heteroatoms. The van der Waals surface area contributed by atoms with Crippen molar-refractivity contribution in [3.05, 3.63) is 95.7 Å². The number of carbonyl (C=O) groups is 2. The molecule has 2 aromatic carbocycles. The van der Waals surface area contributed by atoms with Gasteiger partial charge in [0.15, 0.2) is 12.5 Å². The second kappa shape index (κ2) is 11.1. The average Bonchev–Trinajstić information content (AvgIpc) is 3.56. The van der Waals surface area contributed by atoms with Crippen LogP contribution in [0.1, 0.15) is 39.2 Å². The largest absolute Gasteiger partial charge is 0.486 e. The van der Waals surface area contributed by atoms with Crippen molar-refractivity contribution in [1.29, 1.82) is 0 Å². The summed E-state index contributed by atoms with van der Waals surface area (Å²) >= 11 is 0. The van der Waals surface area contributed by atoms with Crippen molar-refractivity contribution in [2.45, 2.75) is 26.7 Å². The second-order valence-electron chi connectivity index (χ2n) is 7.56. The first-order valence-corrected chi connectivity index (χ1v) is 11.0. The number of amides is 1. The molecular weight excluding hydrogens is 450 g/mol. The van der Waals surface area contributed by atoms with Crippen LogP contribution in [0.5, 0.6) is 11.5 Å². The fourth-order valence-electron chi connectivity index (χ4n) is 3.19. The number of rotatable bonds is 10. The van der Waals surface area contributed by atoms with E-state index in [9.17, 15) is 9.59 Å². The lowest BCUT2D eigenvalue weighted by atomic mass is 10.2. The summed E-state index contributed by atoms with van der Waals surface area (Å²) in [5, 5.41) is 6.94. The summed E-state index contributed by atoms with van der Waals surface area (Å²) < 4.78 is 23.2. The fraction of sp³-hybridized carbons (Fsp3) is 0.192. The lowest BCUT2D eigenvalue weighted by Gasteiger charge is -2.06. The zero-order valence-electron chi connectivity index (χ0n) is 19.4. The van der Waals surface area contributed by atoms with Crippen molar-refractivity contribution >= 4 is 17.6 Å². The van der Waals surface area contributed by atoms with E-state index in [4.69, 9.17) is 13.9 Å². The molecule has 0 saturated heterocycles. The summed E-state index contributed by atoms with van der Waals surface area (Å²) in [5.74, 6) is 1.09. The lowest BCUT2D eigenvalue weighted by molar-refractivity contribution is 0.0600. The third kappa shape index (κ3) is 6.29. The van der Waals surface area contributed by atoms with Gasteiger partial charge in [-0.05, 0) is 60.5 Å². The minimum absolute atomic E-state index is 0.124. The Balaban J connectivity index is 1.26. The van der Waals surface area contributed by atoms with Crippen molar-refractivity contribution < 1.29 is 28.2 Å². The van der Waals surface area contributed by atoms with Crippen LogP contribution in [0, 0.1) is 0 Å². The maximum atomic E-state index is 12.5. The van der Waals surface area contributed by atoms with Crippen molar-refractivity contribution in [2.24, 2.45) is 0 Å². The van der Waals surface area contributed by atoms with E-state index in [0.29, 0.717) is 22.8 Å². The number of benzene rings is 2. The van der Waals surface area contributed by atoms with Gasteiger partial charge in [0.1, 0.15) is 23.9 Å². The molecule has 0 aliphatic heterocycles. The van der Waals surface area contributed by atoms with Gasteiger partial charge in [-0.1, -0.05) is 19.1 Å². The van der Waals surface area contributed by atoms with E-state index in [1.54, 1.807) is 47.3 Å². The molecule has 0 unspecified atom stereocenters. The van der Waals surface area contributed by atoms with Gasteiger partial charge in [-0.15, -0.1) is 0 Å². The van der Waals surface area contributed by atoms with Crippen LogP contribution in [0.2, 0.25) is 0 Å². The van der Waals surface area contributed by atoms with Gasteiger partial charge in [-0.2, -0.15) is 5.10 Å². The summed E-state index contributed by atoms with van der Waals surface area (Å²) in [5.41, 5.74) is 2.18. The quantitative estimate of drug-likeness (QED) is 0.332. The van der Waals surface area contributed by atoms with Crippen LogP contribution in [0.3, 0.4) is 0 Å². The Morgan fingerprint density at radius 3 is 2.40 bits per heavy atom. The van der Waals surface area contributed by atoms with E-state index in [1.165, 1.54) is 18.9 Å². The van der Waals surface area contributed by atoms with Crippen LogP contribution in [0.25, 0.3) is 0 Å². The highest BCUT2D eigenvalue weighted by Crippen LogP contribution is 2.18. The number of furan rings is 1. The van der Waals surface area contributed by atoms with Gasteiger partial charge in [0.05, 0.1) is 30.8 Å². The first-order chi connectivity index (χ1) is 17.0. The Morgan fingerprint density at radius 2 is 1.69 bits per heavy atom. The van der Waals surface area contributed by atoms with E-state index in [-0.39, 0.29) is 19.1 Å². The van der Waals surface area contributed by atoms with Crippen LogP contribution >= 0.6 is 0 Å². The zero-order chi connectivity index (χ0) is 24.6. The van der Waals surface area contributed by atoms with Crippen molar-refractivity contribution in [3.63, 3.8) is 0 Å². The molecular formula is C26H25N3O6. The highest BCUT2D eigenvalue weighted by Gasteiger charge is 2.13. The molecule has 1 amide bonds. The Bertz CT molecular complexity index is 1280. The number of hydrogen-bond donors (Lipinski definition) is 1. The molecule has 35 heavy (non-hydrogen) atoms. The predicted octanol–water partition coefficient (Wildman–Crippen LogP) is 4.69. The molecule has 1 N–H and O–H groups in total. The van der Waals surface area contributed by atoms with Gasteiger partial charge in [0.25, 0.3) is 5.91 Å². The molecule has 0 aliphatic rings. The molecule has 0 fully saturated rings. The molecule has 0 aliphatic carbocycles. The van der Waals surface area contributed by atoms with Gasteiger partial charge in [0.2, 0.25) is 0 Å². The van der Waals surface area contributed by atoms with Crippen LogP contribution in [0.4, 0.5) is 5.69 Å². The first-order valence-electron chi connectivity index (χ1n) is 11.0. The summed E-state index contributed by atoms with van der Waals surface area (Å²) in [6.45, 7) is 2.44. The summed E-state index contributed by atoms with van der Waals surface area (Å²) in [7, 11) is 1.32. The molecule has 2 heterocycles. The first kappa shape index (κ1) is 23.6. The monoisotopic (exact) mass is 475 g/mol.